The molecule has 110 valence electrons. The number of ether oxygens (including phenoxy) is 2. The highest BCUT2D eigenvalue weighted by Crippen LogP contribution is 2.39. The van der Waals surface area contributed by atoms with Gasteiger partial charge in [0.25, 0.3) is 0 Å². The molecule has 2 aromatic rings. The second kappa shape index (κ2) is 6.49. The van der Waals surface area contributed by atoms with Crippen LogP contribution in [-0.2, 0) is 0 Å². The van der Waals surface area contributed by atoms with E-state index in [4.69, 9.17) is 9.47 Å². The van der Waals surface area contributed by atoms with Gasteiger partial charge in [-0.15, -0.1) is 0 Å². The first-order valence-electron chi connectivity index (χ1n) is 5.98. The number of aryl methyl sites for hydroxylation is 1. The monoisotopic (exact) mass is 414 g/mol. The topological polar surface area (TPSA) is 55.8 Å². The van der Waals surface area contributed by atoms with E-state index in [0.29, 0.717) is 26.2 Å². The third-order valence-corrected chi connectivity index (χ3v) is 4.10. The minimum atomic E-state index is -1.03. The lowest BCUT2D eigenvalue weighted by molar-refractivity contribution is 0.0694. The summed E-state index contributed by atoms with van der Waals surface area (Å²) in [5.41, 5.74) is 0.864. The predicted molar refractivity (Wildman–Crippen MR) is 86.6 cm³/mol. The molecule has 0 radical (unpaired) electrons. The Kier molecular flexibility index (Phi) is 4.90. The van der Waals surface area contributed by atoms with Gasteiger partial charge >= 0.3 is 5.97 Å². The molecule has 0 atom stereocenters. The van der Waals surface area contributed by atoms with Crippen molar-refractivity contribution in [3.05, 3.63) is 50.4 Å². The van der Waals surface area contributed by atoms with E-state index in [-0.39, 0.29) is 5.56 Å². The van der Waals surface area contributed by atoms with Crippen LogP contribution in [0.25, 0.3) is 0 Å². The molecule has 0 aliphatic heterocycles. The summed E-state index contributed by atoms with van der Waals surface area (Å²) in [6.07, 6.45) is 0. The fourth-order valence-electron chi connectivity index (χ4n) is 1.81. The molecule has 6 heteroatoms. The van der Waals surface area contributed by atoms with Gasteiger partial charge in [-0.2, -0.15) is 0 Å². The van der Waals surface area contributed by atoms with Crippen molar-refractivity contribution in [1.82, 2.24) is 0 Å². The molecule has 2 aromatic carbocycles. The summed E-state index contributed by atoms with van der Waals surface area (Å²) in [6, 6.07) is 8.47. The molecule has 0 aliphatic carbocycles. The molecule has 0 spiro atoms. The first kappa shape index (κ1) is 15.9. The van der Waals surface area contributed by atoms with E-state index in [9.17, 15) is 9.90 Å². The van der Waals surface area contributed by atoms with Crippen LogP contribution in [0.5, 0.6) is 17.2 Å². The SMILES string of the molecule is COc1cc(Br)c(Oc2c(C)cccc2C(=O)O)cc1Br. The average molecular weight is 416 g/mol. The number of carboxylic acids is 1. The third kappa shape index (κ3) is 3.39. The van der Waals surface area contributed by atoms with Gasteiger partial charge in [0, 0.05) is 0 Å². The Bertz CT molecular complexity index is 698. The van der Waals surface area contributed by atoms with Crippen molar-refractivity contribution in [3.63, 3.8) is 0 Å². The highest BCUT2D eigenvalue weighted by atomic mass is 79.9. The lowest BCUT2D eigenvalue weighted by Crippen LogP contribution is -2.02. The van der Waals surface area contributed by atoms with E-state index in [0.717, 1.165) is 5.56 Å². The highest BCUT2D eigenvalue weighted by molar-refractivity contribution is 9.11. The minimum Gasteiger partial charge on any atom is -0.496 e. The summed E-state index contributed by atoms with van der Waals surface area (Å²) in [6.45, 7) is 1.80. The molecule has 2 rings (SSSR count). The van der Waals surface area contributed by atoms with Crippen molar-refractivity contribution in [1.29, 1.82) is 0 Å². The second-order valence-corrected chi connectivity index (χ2v) is 5.98. The van der Waals surface area contributed by atoms with E-state index < -0.39 is 5.97 Å². The predicted octanol–water partition coefficient (Wildman–Crippen LogP) is 5.02. The molecular formula is C15H12Br2O4. The van der Waals surface area contributed by atoms with Gasteiger partial charge in [0.1, 0.15) is 22.8 Å². The summed E-state index contributed by atoms with van der Waals surface area (Å²) in [5.74, 6) is 0.442. The van der Waals surface area contributed by atoms with Crippen molar-refractivity contribution in [2.75, 3.05) is 7.11 Å². The zero-order valence-corrected chi connectivity index (χ0v) is 14.5. The van der Waals surface area contributed by atoms with Crippen LogP contribution in [-0.4, -0.2) is 18.2 Å². The first-order valence-corrected chi connectivity index (χ1v) is 7.56. The largest absolute Gasteiger partial charge is 0.496 e. The number of benzene rings is 2. The molecule has 1 N–H and O–H groups in total. The molecule has 21 heavy (non-hydrogen) atoms. The van der Waals surface area contributed by atoms with E-state index in [2.05, 4.69) is 31.9 Å². The fourth-order valence-corrected chi connectivity index (χ4v) is 2.70. The fraction of sp³-hybridized carbons (Fsp3) is 0.133. The second-order valence-electron chi connectivity index (χ2n) is 4.28. The maximum absolute atomic E-state index is 11.3. The number of carboxylic acid groups (broad SMARTS) is 1. The van der Waals surface area contributed by atoms with E-state index in [1.54, 1.807) is 38.3 Å². The standard InChI is InChI=1S/C15H12Br2O4/c1-8-4-3-5-9(15(18)19)14(8)21-13-7-10(16)12(20-2)6-11(13)17/h3-7H,1-2H3,(H,18,19). The first-order chi connectivity index (χ1) is 9.93. The van der Waals surface area contributed by atoms with Gasteiger partial charge in [-0.05, 0) is 62.5 Å². The van der Waals surface area contributed by atoms with Gasteiger partial charge in [-0.3, -0.25) is 0 Å². The molecule has 0 aromatic heterocycles. The van der Waals surface area contributed by atoms with Gasteiger partial charge in [0.15, 0.2) is 0 Å². The lowest BCUT2D eigenvalue weighted by atomic mass is 10.1. The Labute approximate surface area is 139 Å². The molecule has 0 aliphatic rings. The molecule has 4 nitrogen and oxygen atoms in total. The van der Waals surface area contributed by atoms with Crippen molar-refractivity contribution >= 4 is 37.8 Å². The van der Waals surface area contributed by atoms with E-state index in [1.807, 2.05) is 0 Å². The molecule has 0 bridgehead atoms. The van der Waals surface area contributed by atoms with Gasteiger partial charge in [-0.25, -0.2) is 4.79 Å². The molecule has 0 fully saturated rings. The van der Waals surface area contributed by atoms with Crippen LogP contribution in [0.1, 0.15) is 15.9 Å². The molecule has 0 saturated heterocycles. The molecular weight excluding hydrogens is 404 g/mol. The van der Waals surface area contributed by atoms with Gasteiger partial charge < -0.3 is 14.6 Å². The molecule has 0 heterocycles. The smallest absolute Gasteiger partial charge is 0.339 e. The number of methoxy groups -OCH3 is 1. The number of hydrogen-bond acceptors (Lipinski definition) is 3. The summed E-state index contributed by atoms with van der Waals surface area (Å²) < 4.78 is 12.4. The van der Waals surface area contributed by atoms with E-state index >= 15 is 0 Å². The number of aromatic carboxylic acids is 1. The Morgan fingerprint density at radius 3 is 2.38 bits per heavy atom. The lowest BCUT2D eigenvalue weighted by Gasteiger charge is -2.14. The summed E-state index contributed by atoms with van der Waals surface area (Å²) in [5, 5.41) is 9.25. The van der Waals surface area contributed by atoms with Crippen LogP contribution >= 0.6 is 31.9 Å². The number of rotatable bonds is 4. The van der Waals surface area contributed by atoms with Gasteiger partial charge in [0.05, 0.1) is 16.1 Å². The van der Waals surface area contributed by atoms with E-state index in [1.165, 1.54) is 6.07 Å². The van der Waals surface area contributed by atoms with Gasteiger partial charge in [-0.1, -0.05) is 12.1 Å². The third-order valence-electron chi connectivity index (χ3n) is 2.86. The van der Waals surface area contributed by atoms with Crippen molar-refractivity contribution in [2.24, 2.45) is 0 Å². The molecule has 0 unspecified atom stereocenters. The maximum Gasteiger partial charge on any atom is 0.339 e. The zero-order chi connectivity index (χ0) is 15.6. The Morgan fingerprint density at radius 2 is 1.76 bits per heavy atom. The Hall–Kier alpha value is -1.53. The van der Waals surface area contributed by atoms with Crippen LogP contribution in [0, 0.1) is 6.92 Å². The normalized spacial score (nSPS) is 10.3. The van der Waals surface area contributed by atoms with Crippen LogP contribution in [0.4, 0.5) is 0 Å². The number of para-hydroxylation sites is 1. The number of carbonyl (C=O) groups is 1. The number of hydrogen-bond donors (Lipinski definition) is 1. The Balaban J connectivity index is 2.48. The molecule has 0 amide bonds. The Morgan fingerprint density at radius 1 is 1.14 bits per heavy atom. The van der Waals surface area contributed by atoms with Crippen LogP contribution < -0.4 is 9.47 Å². The summed E-state index contributed by atoms with van der Waals surface area (Å²) >= 11 is 6.77. The summed E-state index contributed by atoms with van der Waals surface area (Å²) in [7, 11) is 1.57. The molecule has 0 saturated carbocycles. The maximum atomic E-state index is 11.3. The van der Waals surface area contributed by atoms with Crippen LogP contribution in [0.3, 0.4) is 0 Å². The quantitative estimate of drug-likeness (QED) is 0.761. The van der Waals surface area contributed by atoms with Gasteiger partial charge in [0.2, 0.25) is 0 Å². The van der Waals surface area contributed by atoms with Crippen molar-refractivity contribution in [2.45, 2.75) is 6.92 Å². The van der Waals surface area contributed by atoms with Crippen molar-refractivity contribution in [3.8, 4) is 17.2 Å². The minimum absolute atomic E-state index is 0.119. The average Bonchev–Trinajstić information content (AvgIpc) is 2.44. The van der Waals surface area contributed by atoms with Crippen molar-refractivity contribution < 1.29 is 19.4 Å². The van der Waals surface area contributed by atoms with Crippen LogP contribution in [0.15, 0.2) is 39.3 Å². The highest BCUT2D eigenvalue weighted by Gasteiger charge is 2.16. The number of halogens is 2. The van der Waals surface area contributed by atoms with Crippen LogP contribution in [0.2, 0.25) is 0 Å². The zero-order valence-electron chi connectivity index (χ0n) is 11.3. The summed E-state index contributed by atoms with van der Waals surface area (Å²) in [4.78, 5) is 11.3.